The van der Waals surface area contributed by atoms with Crippen LogP contribution in [0.4, 0.5) is 5.82 Å². The van der Waals surface area contributed by atoms with Crippen LogP contribution in [0.1, 0.15) is 30.6 Å². The Balaban J connectivity index is 2.96. The lowest BCUT2D eigenvalue weighted by Gasteiger charge is -2.05. The van der Waals surface area contributed by atoms with Crippen molar-refractivity contribution in [2.45, 2.75) is 20.3 Å². The van der Waals surface area contributed by atoms with Crippen LogP contribution in [-0.4, -0.2) is 15.8 Å². The number of nitrogens with two attached hydrogens (primary N) is 1. The Morgan fingerprint density at radius 2 is 2.29 bits per heavy atom. The van der Waals surface area contributed by atoms with E-state index < -0.39 is 5.69 Å². The van der Waals surface area contributed by atoms with E-state index in [1.54, 1.807) is 0 Å². The van der Waals surface area contributed by atoms with E-state index in [4.69, 9.17) is 5.73 Å². The summed E-state index contributed by atoms with van der Waals surface area (Å²) in [5, 5.41) is 0. The minimum Gasteiger partial charge on any atom is -0.384 e. The average molecular weight is 195 g/mol. The van der Waals surface area contributed by atoms with Gasteiger partial charge in [0.1, 0.15) is 5.82 Å². The third-order valence-corrected chi connectivity index (χ3v) is 1.74. The average Bonchev–Trinajstić information content (AvgIpc) is 2.01. The summed E-state index contributed by atoms with van der Waals surface area (Å²) in [6.45, 7) is 3.88. The molecule has 1 heterocycles. The van der Waals surface area contributed by atoms with E-state index in [-0.39, 0.29) is 17.5 Å². The van der Waals surface area contributed by atoms with Crippen molar-refractivity contribution in [2.24, 2.45) is 5.92 Å². The predicted octanol–water partition coefficient (Wildman–Crippen LogP) is 0.581. The molecule has 0 saturated carbocycles. The fourth-order valence-electron chi connectivity index (χ4n) is 1.11. The first-order valence-electron chi connectivity index (χ1n) is 4.38. The Labute approximate surface area is 81.4 Å². The van der Waals surface area contributed by atoms with E-state index >= 15 is 0 Å². The quantitative estimate of drug-likeness (QED) is 0.690. The van der Waals surface area contributed by atoms with Gasteiger partial charge in [0.05, 0.1) is 5.56 Å². The summed E-state index contributed by atoms with van der Waals surface area (Å²) in [4.78, 5) is 28.0. The zero-order valence-electron chi connectivity index (χ0n) is 8.20. The van der Waals surface area contributed by atoms with E-state index in [1.165, 1.54) is 6.20 Å². The van der Waals surface area contributed by atoms with E-state index in [0.717, 1.165) is 0 Å². The van der Waals surface area contributed by atoms with Crippen molar-refractivity contribution >= 4 is 11.6 Å². The van der Waals surface area contributed by atoms with Crippen molar-refractivity contribution in [1.82, 2.24) is 9.97 Å². The van der Waals surface area contributed by atoms with E-state index in [2.05, 4.69) is 9.97 Å². The molecule has 0 unspecified atom stereocenters. The van der Waals surface area contributed by atoms with Crippen LogP contribution in [0.2, 0.25) is 0 Å². The number of carbonyl (C=O) groups excluding carboxylic acids is 1. The van der Waals surface area contributed by atoms with E-state index in [0.29, 0.717) is 12.0 Å². The van der Waals surface area contributed by atoms with Crippen molar-refractivity contribution < 1.29 is 4.79 Å². The first kappa shape index (κ1) is 10.4. The number of carbonyl (C=O) groups is 1. The van der Waals surface area contributed by atoms with Gasteiger partial charge in [0.15, 0.2) is 5.78 Å². The molecule has 1 aromatic heterocycles. The number of nitrogen functional groups attached to an aromatic ring is 1. The highest BCUT2D eigenvalue weighted by atomic mass is 16.1. The van der Waals surface area contributed by atoms with Gasteiger partial charge in [-0.3, -0.25) is 9.78 Å². The lowest BCUT2D eigenvalue weighted by Crippen LogP contribution is -2.17. The zero-order valence-corrected chi connectivity index (χ0v) is 8.20. The molecule has 14 heavy (non-hydrogen) atoms. The molecule has 1 aromatic rings. The first-order chi connectivity index (χ1) is 6.50. The molecule has 5 heteroatoms. The summed E-state index contributed by atoms with van der Waals surface area (Å²) in [5.41, 5.74) is 5.23. The van der Waals surface area contributed by atoms with E-state index in [1.807, 2.05) is 13.8 Å². The number of nitrogens with one attached hydrogen (secondary N) is 1. The summed E-state index contributed by atoms with van der Waals surface area (Å²) in [5.74, 6) is 0.255. The van der Waals surface area contributed by atoms with Gasteiger partial charge in [0, 0.05) is 12.6 Å². The minimum absolute atomic E-state index is 0.0932. The van der Waals surface area contributed by atoms with Crippen LogP contribution < -0.4 is 11.4 Å². The molecule has 0 aromatic carbocycles. The number of aromatic nitrogens is 2. The molecule has 0 bridgehead atoms. The molecule has 3 N–H and O–H groups in total. The van der Waals surface area contributed by atoms with Crippen molar-refractivity contribution in [1.29, 1.82) is 0 Å². The number of ketones is 1. The molecule has 0 atom stereocenters. The second-order valence-electron chi connectivity index (χ2n) is 3.54. The Morgan fingerprint density at radius 3 is 2.79 bits per heavy atom. The molecular weight excluding hydrogens is 182 g/mol. The van der Waals surface area contributed by atoms with Crippen LogP contribution in [0.25, 0.3) is 0 Å². The first-order valence-corrected chi connectivity index (χ1v) is 4.38. The number of nitrogens with zero attached hydrogens (tertiary/aromatic N) is 1. The van der Waals surface area contributed by atoms with Gasteiger partial charge >= 0.3 is 5.69 Å². The number of hydrogen-bond donors (Lipinski definition) is 2. The topological polar surface area (TPSA) is 88.8 Å². The summed E-state index contributed by atoms with van der Waals surface area (Å²) < 4.78 is 0. The van der Waals surface area contributed by atoms with Crippen LogP contribution in [0.3, 0.4) is 0 Å². The van der Waals surface area contributed by atoms with Gasteiger partial charge in [-0.1, -0.05) is 13.8 Å². The molecule has 0 spiro atoms. The van der Waals surface area contributed by atoms with Gasteiger partial charge in [-0.15, -0.1) is 0 Å². The predicted molar refractivity (Wildman–Crippen MR) is 53.1 cm³/mol. The largest absolute Gasteiger partial charge is 0.384 e. The molecule has 5 nitrogen and oxygen atoms in total. The molecule has 0 aliphatic heterocycles. The van der Waals surface area contributed by atoms with Crippen LogP contribution >= 0.6 is 0 Å². The number of rotatable bonds is 3. The normalized spacial score (nSPS) is 10.5. The molecular formula is C9H13N3O2. The highest BCUT2D eigenvalue weighted by molar-refractivity contribution is 5.99. The van der Waals surface area contributed by atoms with Crippen LogP contribution in [0, 0.1) is 5.92 Å². The van der Waals surface area contributed by atoms with Gasteiger partial charge < -0.3 is 5.73 Å². The summed E-state index contributed by atoms with van der Waals surface area (Å²) in [6.07, 6.45) is 1.62. The SMILES string of the molecule is CC(C)CC(=O)c1cnc(=O)[nH]c1N. The number of anilines is 1. The second-order valence-corrected chi connectivity index (χ2v) is 3.54. The molecule has 0 saturated heterocycles. The number of H-pyrrole nitrogens is 1. The summed E-state index contributed by atoms with van der Waals surface area (Å²) in [6, 6.07) is 0. The summed E-state index contributed by atoms with van der Waals surface area (Å²) >= 11 is 0. The molecule has 0 fully saturated rings. The van der Waals surface area contributed by atoms with Crippen molar-refractivity contribution in [3.63, 3.8) is 0 Å². The van der Waals surface area contributed by atoms with Crippen LogP contribution in [-0.2, 0) is 0 Å². The van der Waals surface area contributed by atoms with Gasteiger partial charge in [-0.2, -0.15) is 0 Å². The van der Waals surface area contributed by atoms with Gasteiger partial charge in [-0.05, 0) is 5.92 Å². The molecule has 1 rings (SSSR count). The zero-order chi connectivity index (χ0) is 10.7. The number of Topliss-reactive ketones (excluding diaryl/α,β-unsaturated/α-hetero) is 1. The summed E-state index contributed by atoms with van der Waals surface area (Å²) in [7, 11) is 0. The number of hydrogen-bond acceptors (Lipinski definition) is 4. The molecule has 76 valence electrons. The molecule has 0 amide bonds. The van der Waals surface area contributed by atoms with Gasteiger partial charge in [-0.25, -0.2) is 9.78 Å². The Bertz CT molecular complexity index is 395. The smallest absolute Gasteiger partial charge is 0.346 e. The highest BCUT2D eigenvalue weighted by Gasteiger charge is 2.12. The highest BCUT2D eigenvalue weighted by Crippen LogP contribution is 2.11. The van der Waals surface area contributed by atoms with Crippen LogP contribution in [0.5, 0.6) is 0 Å². The Kier molecular flexibility index (Phi) is 3.01. The van der Waals surface area contributed by atoms with Crippen molar-refractivity contribution in [3.05, 3.63) is 22.2 Å². The van der Waals surface area contributed by atoms with Crippen molar-refractivity contribution in [3.8, 4) is 0 Å². The maximum atomic E-state index is 11.5. The van der Waals surface area contributed by atoms with Gasteiger partial charge in [0.2, 0.25) is 0 Å². The molecule has 0 radical (unpaired) electrons. The van der Waals surface area contributed by atoms with Gasteiger partial charge in [0.25, 0.3) is 0 Å². The lowest BCUT2D eigenvalue weighted by molar-refractivity contribution is 0.0968. The van der Waals surface area contributed by atoms with E-state index in [9.17, 15) is 9.59 Å². The van der Waals surface area contributed by atoms with Crippen LogP contribution in [0.15, 0.2) is 11.0 Å². The maximum absolute atomic E-state index is 11.5. The maximum Gasteiger partial charge on any atom is 0.346 e. The minimum atomic E-state index is -0.538. The third kappa shape index (κ3) is 2.42. The Hall–Kier alpha value is -1.65. The number of aromatic amines is 1. The molecule has 0 aliphatic rings. The monoisotopic (exact) mass is 195 g/mol. The Morgan fingerprint density at radius 1 is 1.64 bits per heavy atom. The van der Waals surface area contributed by atoms with Crippen molar-refractivity contribution in [2.75, 3.05) is 5.73 Å². The third-order valence-electron chi connectivity index (χ3n) is 1.74. The lowest BCUT2D eigenvalue weighted by atomic mass is 10.0. The fourth-order valence-corrected chi connectivity index (χ4v) is 1.11. The fraction of sp³-hybridized carbons (Fsp3) is 0.444. The molecule has 0 aliphatic carbocycles. The standard InChI is InChI=1S/C9H13N3O2/c1-5(2)3-7(13)6-4-11-9(14)12-8(6)10/h4-5H,3H2,1-2H3,(H3,10,11,12,14). The second kappa shape index (κ2) is 4.04.